The minimum Gasteiger partial charge on any atom is -0.385 e. The second-order valence-electron chi connectivity index (χ2n) is 6.20. The number of anilines is 1. The highest BCUT2D eigenvalue weighted by molar-refractivity contribution is 6.30. The highest BCUT2D eigenvalue weighted by Crippen LogP contribution is 2.34. The zero-order valence-corrected chi connectivity index (χ0v) is 16.0. The highest BCUT2D eigenvalue weighted by Gasteiger charge is 2.40. The van der Waals surface area contributed by atoms with Crippen LogP contribution in [0.5, 0.6) is 0 Å². The van der Waals surface area contributed by atoms with Gasteiger partial charge in [0.05, 0.1) is 17.4 Å². The number of alkyl halides is 3. The molecule has 0 fully saturated rings. The zero-order chi connectivity index (χ0) is 20.9. The number of rotatable bonds is 7. The molecule has 152 valence electrons. The van der Waals surface area contributed by atoms with Crippen molar-refractivity contribution in [1.82, 2.24) is 15.1 Å². The summed E-state index contributed by atoms with van der Waals surface area (Å²) in [5.74, 6) is -0.828. The number of para-hydroxylation sites is 1. The fraction of sp³-hybridized carbons (Fsp3) is 0.200. The van der Waals surface area contributed by atoms with Crippen LogP contribution >= 0.6 is 11.6 Å². The smallest absolute Gasteiger partial charge is 0.385 e. The van der Waals surface area contributed by atoms with Crippen molar-refractivity contribution < 1.29 is 18.0 Å². The summed E-state index contributed by atoms with van der Waals surface area (Å²) in [7, 11) is 0. The highest BCUT2D eigenvalue weighted by atomic mass is 35.5. The summed E-state index contributed by atoms with van der Waals surface area (Å²) in [5.41, 5.74) is -0.620. The lowest BCUT2D eigenvalue weighted by Gasteiger charge is -2.13. The van der Waals surface area contributed by atoms with E-state index in [4.69, 9.17) is 11.6 Å². The van der Waals surface area contributed by atoms with Gasteiger partial charge in [-0.1, -0.05) is 35.9 Å². The van der Waals surface area contributed by atoms with E-state index in [9.17, 15) is 18.0 Å². The van der Waals surface area contributed by atoms with Crippen LogP contribution in [0.25, 0.3) is 5.69 Å². The molecule has 0 aliphatic rings. The summed E-state index contributed by atoms with van der Waals surface area (Å²) in [6.07, 6.45) is -3.30. The largest absolute Gasteiger partial charge is 0.434 e. The van der Waals surface area contributed by atoms with Gasteiger partial charge in [-0.15, -0.1) is 0 Å². The van der Waals surface area contributed by atoms with Crippen molar-refractivity contribution in [3.8, 4) is 5.69 Å². The fourth-order valence-corrected chi connectivity index (χ4v) is 2.95. The van der Waals surface area contributed by atoms with Gasteiger partial charge in [0.15, 0.2) is 5.69 Å². The van der Waals surface area contributed by atoms with Crippen molar-refractivity contribution in [2.45, 2.75) is 12.6 Å². The van der Waals surface area contributed by atoms with Gasteiger partial charge in [0.1, 0.15) is 0 Å². The predicted octanol–water partition coefficient (Wildman–Crippen LogP) is 4.78. The van der Waals surface area contributed by atoms with Crippen LogP contribution in [0.3, 0.4) is 0 Å². The number of carbonyl (C=O) groups is 1. The first-order valence-electron chi connectivity index (χ1n) is 8.84. The molecule has 0 unspecified atom stereocenters. The monoisotopic (exact) mass is 422 g/mol. The average Bonchev–Trinajstić information content (AvgIpc) is 3.14. The quantitative estimate of drug-likeness (QED) is 0.539. The van der Waals surface area contributed by atoms with Gasteiger partial charge in [-0.2, -0.15) is 18.3 Å². The number of aromatic nitrogens is 2. The maximum Gasteiger partial charge on any atom is 0.434 e. The number of benzene rings is 2. The minimum atomic E-state index is -4.76. The number of hydrogen-bond acceptors (Lipinski definition) is 3. The van der Waals surface area contributed by atoms with Gasteiger partial charge < -0.3 is 10.6 Å². The Morgan fingerprint density at radius 3 is 2.52 bits per heavy atom. The molecule has 3 rings (SSSR count). The molecule has 1 heterocycles. The maximum absolute atomic E-state index is 13.6. The Morgan fingerprint density at radius 2 is 1.83 bits per heavy atom. The Labute approximate surface area is 170 Å². The first-order valence-corrected chi connectivity index (χ1v) is 9.22. The van der Waals surface area contributed by atoms with Crippen LogP contribution in [-0.4, -0.2) is 28.8 Å². The van der Waals surface area contributed by atoms with Gasteiger partial charge in [-0.25, -0.2) is 4.68 Å². The van der Waals surface area contributed by atoms with Crippen LogP contribution in [0.15, 0.2) is 60.8 Å². The molecule has 0 aliphatic heterocycles. The van der Waals surface area contributed by atoms with E-state index in [0.717, 1.165) is 11.9 Å². The standard InChI is InChI=1S/C20H18ClF3N4O/c21-14-6-4-9-16(12-14)28-18(20(22,23)24)17(13-27-28)19(29)26-11-5-10-25-15-7-2-1-3-8-15/h1-4,6-9,12-13,25H,5,10-11H2,(H,26,29). The van der Waals surface area contributed by atoms with E-state index in [2.05, 4.69) is 15.7 Å². The molecule has 29 heavy (non-hydrogen) atoms. The van der Waals surface area contributed by atoms with Gasteiger partial charge >= 0.3 is 6.18 Å². The van der Waals surface area contributed by atoms with E-state index in [1.165, 1.54) is 18.2 Å². The normalized spacial score (nSPS) is 11.3. The molecular weight excluding hydrogens is 405 g/mol. The molecule has 0 saturated carbocycles. The second kappa shape index (κ2) is 9.00. The van der Waals surface area contributed by atoms with Crippen molar-refractivity contribution in [2.24, 2.45) is 0 Å². The molecule has 2 N–H and O–H groups in total. The fourth-order valence-electron chi connectivity index (χ4n) is 2.77. The SMILES string of the molecule is O=C(NCCCNc1ccccc1)c1cnn(-c2cccc(Cl)c2)c1C(F)(F)F. The topological polar surface area (TPSA) is 59.0 Å². The van der Waals surface area contributed by atoms with Gasteiger partial charge in [0.25, 0.3) is 5.91 Å². The number of nitrogens with one attached hydrogen (secondary N) is 2. The Bertz CT molecular complexity index is 973. The van der Waals surface area contributed by atoms with Gasteiger partial charge in [-0.05, 0) is 36.8 Å². The van der Waals surface area contributed by atoms with Crippen molar-refractivity contribution in [2.75, 3.05) is 18.4 Å². The minimum absolute atomic E-state index is 0.121. The molecule has 1 aromatic heterocycles. The molecule has 0 saturated heterocycles. The van der Waals surface area contributed by atoms with E-state index < -0.39 is 23.3 Å². The third kappa shape index (κ3) is 5.29. The van der Waals surface area contributed by atoms with Crippen LogP contribution in [-0.2, 0) is 6.18 Å². The van der Waals surface area contributed by atoms with Crippen LogP contribution < -0.4 is 10.6 Å². The van der Waals surface area contributed by atoms with E-state index in [0.29, 0.717) is 17.6 Å². The third-order valence-electron chi connectivity index (χ3n) is 4.08. The predicted molar refractivity (Wildman–Crippen MR) is 105 cm³/mol. The van der Waals surface area contributed by atoms with Crippen LogP contribution in [0.2, 0.25) is 5.02 Å². The van der Waals surface area contributed by atoms with E-state index in [-0.39, 0.29) is 17.3 Å². The van der Waals surface area contributed by atoms with Crippen LogP contribution in [0.1, 0.15) is 22.5 Å². The lowest BCUT2D eigenvalue weighted by molar-refractivity contribution is -0.143. The lowest BCUT2D eigenvalue weighted by atomic mass is 10.2. The van der Waals surface area contributed by atoms with E-state index in [1.807, 2.05) is 30.3 Å². The van der Waals surface area contributed by atoms with Crippen molar-refractivity contribution in [3.63, 3.8) is 0 Å². The van der Waals surface area contributed by atoms with Crippen LogP contribution in [0, 0.1) is 0 Å². The third-order valence-corrected chi connectivity index (χ3v) is 4.31. The molecule has 1 amide bonds. The summed E-state index contributed by atoms with van der Waals surface area (Å²) in [6.45, 7) is 0.788. The molecule has 3 aromatic rings. The van der Waals surface area contributed by atoms with Crippen molar-refractivity contribution >= 4 is 23.2 Å². The Morgan fingerprint density at radius 1 is 1.07 bits per heavy atom. The number of nitrogens with zero attached hydrogens (tertiary/aromatic N) is 2. The number of amides is 1. The van der Waals surface area contributed by atoms with E-state index >= 15 is 0 Å². The Balaban J connectivity index is 1.67. The average molecular weight is 423 g/mol. The summed E-state index contributed by atoms with van der Waals surface area (Å²) in [5, 5.41) is 9.71. The summed E-state index contributed by atoms with van der Waals surface area (Å²) in [4.78, 5) is 12.3. The molecule has 0 aliphatic carbocycles. The lowest BCUT2D eigenvalue weighted by Crippen LogP contribution is -2.28. The molecule has 2 aromatic carbocycles. The summed E-state index contributed by atoms with van der Waals surface area (Å²) < 4.78 is 41.6. The number of hydrogen-bond donors (Lipinski definition) is 2. The molecule has 0 radical (unpaired) electrons. The molecule has 0 spiro atoms. The first kappa shape index (κ1) is 20.7. The van der Waals surface area contributed by atoms with Crippen LogP contribution in [0.4, 0.5) is 18.9 Å². The summed E-state index contributed by atoms with van der Waals surface area (Å²) in [6, 6.07) is 15.3. The molecular formula is C20H18ClF3N4O. The van der Waals surface area contributed by atoms with Gasteiger partial charge in [0, 0.05) is 23.8 Å². The van der Waals surface area contributed by atoms with Crippen molar-refractivity contribution in [3.05, 3.63) is 77.1 Å². The molecule has 0 atom stereocenters. The Kier molecular flexibility index (Phi) is 6.43. The number of carbonyl (C=O) groups excluding carboxylic acids is 1. The number of halogens is 4. The second-order valence-corrected chi connectivity index (χ2v) is 6.63. The molecule has 0 bridgehead atoms. The van der Waals surface area contributed by atoms with Gasteiger partial charge in [0.2, 0.25) is 0 Å². The maximum atomic E-state index is 13.6. The van der Waals surface area contributed by atoms with Crippen molar-refractivity contribution in [1.29, 1.82) is 0 Å². The molecule has 5 nitrogen and oxygen atoms in total. The Hall–Kier alpha value is -3.00. The van der Waals surface area contributed by atoms with E-state index in [1.54, 1.807) is 6.07 Å². The summed E-state index contributed by atoms with van der Waals surface area (Å²) >= 11 is 5.87. The molecule has 9 heteroatoms. The zero-order valence-electron chi connectivity index (χ0n) is 15.2. The van der Waals surface area contributed by atoms with Gasteiger partial charge in [-0.3, -0.25) is 4.79 Å². The first-order chi connectivity index (χ1) is 13.9.